The number of carbonyl (C=O) groups excluding carboxylic acids is 1. The number of hydrogen-bond donors (Lipinski definition) is 0. The lowest BCUT2D eigenvalue weighted by Gasteiger charge is -2.18. The molecule has 0 amide bonds. The van der Waals surface area contributed by atoms with E-state index in [9.17, 15) is 4.79 Å². The molecule has 4 nitrogen and oxygen atoms in total. The van der Waals surface area contributed by atoms with Crippen molar-refractivity contribution >= 4 is 16.8 Å². The molecule has 1 unspecified atom stereocenters. The molecule has 0 saturated carbocycles. The summed E-state index contributed by atoms with van der Waals surface area (Å²) in [5.41, 5.74) is 2.10. The smallest absolute Gasteiger partial charge is 0.186 e. The third kappa shape index (κ3) is 2.70. The third-order valence-electron chi connectivity index (χ3n) is 3.88. The number of Topliss-reactive ketones (excluding diaryl/α,β-unsaturated/α-hetero) is 1. The van der Waals surface area contributed by atoms with Gasteiger partial charge in [-0.3, -0.25) is 9.78 Å². The van der Waals surface area contributed by atoms with E-state index >= 15 is 0 Å². The Morgan fingerprint density at radius 2 is 1.95 bits per heavy atom. The fraction of sp³-hybridized carbons (Fsp3) is 0.438. The lowest BCUT2D eigenvalue weighted by atomic mass is 10.0. The summed E-state index contributed by atoms with van der Waals surface area (Å²) in [6.45, 7) is 5.03. The zero-order valence-electron chi connectivity index (χ0n) is 11.7. The summed E-state index contributed by atoms with van der Waals surface area (Å²) in [5.74, 6) is 0.0683. The van der Waals surface area contributed by atoms with Crippen LogP contribution in [0.4, 0.5) is 0 Å². The highest BCUT2D eigenvalue weighted by atomic mass is 16.1. The van der Waals surface area contributed by atoms with Gasteiger partial charge in [0.2, 0.25) is 0 Å². The molecule has 1 atom stereocenters. The van der Waals surface area contributed by atoms with Crippen LogP contribution in [0.3, 0.4) is 0 Å². The highest BCUT2D eigenvalue weighted by Gasteiger charge is 2.21. The van der Waals surface area contributed by atoms with Gasteiger partial charge in [-0.15, -0.1) is 0 Å². The molecule has 1 aliphatic heterocycles. The van der Waals surface area contributed by atoms with Crippen molar-refractivity contribution in [2.24, 2.45) is 5.92 Å². The van der Waals surface area contributed by atoms with Gasteiger partial charge in [-0.25, -0.2) is 4.98 Å². The van der Waals surface area contributed by atoms with Crippen LogP contribution >= 0.6 is 0 Å². The van der Waals surface area contributed by atoms with Crippen molar-refractivity contribution in [2.75, 3.05) is 19.6 Å². The molecule has 3 rings (SSSR count). The van der Waals surface area contributed by atoms with E-state index in [0.717, 1.165) is 30.7 Å². The van der Waals surface area contributed by atoms with E-state index in [0.29, 0.717) is 5.69 Å². The number of aromatic nitrogens is 2. The standard InChI is InChI=1S/C16H19N3O/c1-12(11-19-8-4-5-9-19)16(20)15-10-17-13-6-2-3-7-14(13)18-15/h2-3,6-7,10,12H,4-5,8-9,11H2,1H3. The van der Waals surface area contributed by atoms with E-state index in [1.807, 2.05) is 31.2 Å². The molecule has 1 aliphatic rings. The van der Waals surface area contributed by atoms with E-state index in [-0.39, 0.29) is 11.7 Å². The Hall–Kier alpha value is -1.81. The van der Waals surface area contributed by atoms with Crippen molar-refractivity contribution in [1.82, 2.24) is 14.9 Å². The maximum atomic E-state index is 12.4. The quantitative estimate of drug-likeness (QED) is 0.800. The van der Waals surface area contributed by atoms with Gasteiger partial charge in [-0.2, -0.15) is 0 Å². The third-order valence-corrected chi connectivity index (χ3v) is 3.88. The average Bonchev–Trinajstić information content (AvgIpc) is 2.99. The summed E-state index contributed by atoms with van der Waals surface area (Å²) in [7, 11) is 0. The summed E-state index contributed by atoms with van der Waals surface area (Å²) in [5, 5.41) is 0. The Morgan fingerprint density at radius 3 is 2.70 bits per heavy atom. The zero-order valence-corrected chi connectivity index (χ0v) is 11.7. The summed E-state index contributed by atoms with van der Waals surface area (Å²) in [6.07, 6.45) is 4.10. The van der Waals surface area contributed by atoms with Gasteiger partial charge in [0.15, 0.2) is 5.78 Å². The lowest BCUT2D eigenvalue weighted by Crippen LogP contribution is -2.30. The van der Waals surface area contributed by atoms with Crippen LogP contribution < -0.4 is 0 Å². The van der Waals surface area contributed by atoms with Crippen LogP contribution in [-0.2, 0) is 0 Å². The second kappa shape index (κ2) is 5.67. The van der Waals surface area contributed by atoms with Crippen LogP contribution in [0.2, 0.25) is 0 Å². The van der Waals surface area contributed by atoms with Gasteiger partial charge in [0, 0.05) is 12.5 Å². The highest BCUT2D eigenvalue weighted by molar-refractivity contribution is 5.97. The Labute approximate surface area is 118 Å². The first-order valence-corrected chi connectivity index (χ1v) is 7.22. The van der Waals surface area contributed by atoms with E-state index in [2.05, 4.69) is 14.9 Å². The normalized spacial score (nSPS) is 17.4. The van der Waals surface area contributed by atoms with Crippen LogP contribution in [0.15, 0.2) is 30.5 Å². The molecule has 0 spiro atoms. The fourth-order valence-corrected chi connectivity index (χ4v) is 2.76. The molecule has 1 saturated heterocycles. The molecule has 2 heterocycles. The van der Waals surface area contributed by atoms with Crippen LogP contribution in [0.25, 0.3) is 11.0 Å². The molecule has 1 fully saturated rings. The van der Waals surface area contributed by atoms with Crippen molar-refractivity contribution < 1.29 is 4.79 Å². The Balaban J connectivity index is 1.77. The average molecular weight is 269 g/mol. The zero-order chi connectivity index (χ0) is 13.9. The molecule has 0 aliphatic carbocycles. The van der Waals surface area contributed by atoms with Gasteiger partial charge < -0.3 is 4.90 Å². The predicted molar refractivity (Wildman–Crippen MR) is 78.7 cm³/mol. The number of para-hydroxylation sites is 2. The largest absolute Gasteiger partial charge is 0.303 e. The monoisotopic (exact) mass is 269 g/mol. The predicted octanol–water partition coefficient (Wildman–Crippen LogP) is 2.54. The van der Waals surface area contributed by atoms with Gasteiger partial charge in [-0.1, -0.05) is 19.1 Å². The van der Waals surface area contributed by atoms with Gasteiger partial charge in [-0.05, 0) is 38.1 Å². The molecule has 4 heteroatoms. The molecule has 0 N–H and O–H groups in total. The second-order valence-corrected chi connectivity index (χ2v) is 5.52. The number of carbonyl (C=O) groups is 1. The van der Waals surface area contributed by atoms with Crippen LogP contribution in [0.1, 0.15) is 30.3 Å². The van der Waals surface area contributed by atoms with Crippen LogP contribution in [0.5, 0.6) is 0 Å². The molecule has 0 radical (unpaired) electrons. The van der Waals surface area contributed by atoms with Crippen molar-refractivity contribution in [3.63, 3.8) is 0 Å². The minimum Gasteiger partial charge on any atom is -0.303 e. The van der Waals surface area contributed by atoms with Crippen LogP contribution in [-0.4, -0.2) is 40.3 Å². The summed E-state index contributed by atoms with van der Waals surface area (Å²) in [6, 6.07) is 7.64. The SMILES string of the molecule is CC(CN1CCCC1)C(=O)c1cnc2ccccc2n1. The van der Waals surface area contributed by atoms with Gasteiger partial charge in [0.25, 0.3) is 0 Å². The van der Waals surface area contributed by atoms with Gasteiger partial charge >= 0.3 is 0 Å². The summed E-state index contributed by atoms with van der Waals surface area (Å²) in [4.78, 5) is 23.6. The molecular formula is C16H19N3O. The molecule has 0 bridgehead atoms. The number of likely N-dealkylation sites (tertiary alicyclic amines) is 1. The Kier molecular flexibility index (Phi) is 3.74. The number of nitrogens with zero attached hydrogens (tertiary/aromatic N) is 3. The summed E-state index contributed by atoms with van der Waals surface area (Å²) < 4.78 is 0. The molecule has 1 aromatic heterocycles. The van der Waals surface area contributed by atoms with Crippen molar-refractivity contribution in [1.29, 1.82) is 0 Å². The molecule has 1 aromatic carbocycles. The minimum atomic E-state index is -0.0245. The minimum absolute atomic E-state index is 0.0245. The highest BCUT2D eigenvalue weighted by Crippen LogP contribution is 2.15. The Morgan fingerprint density at radius 1 is 1.25 bits per heavy atom. The maximum absolute atomic E-state index is 12.4. The first kappa shape index (κ1) is 13.2. The van der Waals surface area contributed by atoms with Crippen molar-refractivity contribution in [3.05, 3.63) is 36.2 Å². The molecule has 104 valence electrons. The number of rotatable bonds is 4. The van der Waals surface area contributed by atoms with E-state index in [4.69, 9.17) is 0 Å². The first-order chi connectivity index (χ1) is 9.74. The van der Waals surface area contributed by atoms with Crippen molar-refractivity contribution in [2.45, 2.75) is 19.8 Å². The lowest BCUT2D eigenvalue weighted by molar-refractivity contribution is 0.0898. The molecular weight excluding hydrogens is 250 g/mol. The topological polar surface area (TPSA) is 46.1 Å². The number of benzene rings is 1. The van der Waals surface area contributed by atoms with Gasteiger partial charge in [0.1, 0.15) is 5.69 Å². The van der Waals surface area contributed by atoms with E-state index < -0.39 is 0 Å². The molecule has 2 aromatic rings. The van der Waals surface area contributed by atoms with Crippen molar-refractivity contribution in [3.8, 4) is 0 Å². The second-order valence-electron chi connectivity index (χ2n) is 5.52. The molecule has 20 heavy (non-hydrogen) atoms. The Bertz CT molecular complexity index is 620. The number of fused-ring (bicyclic) bond motifs is 1. The first-order valence-electron chi connectivity index (χ1n) is 7.22. The fourth-order valence-electron chi connectivity index (χ4n) is 2.76. The van der Waals surface area contributed by atoms with Crippen LogP contribution in [0, 0.1) is 5.92 Å². The maximum Gasteiger partial charge on any atom is 0.186 e. The number of hydrogen-bond acceptors (Lipinski definition) is 4. The summed E-state index contributed by atoms with van der Waals surface area (Å²) >= 11 is 0. The number of ketones is 1. The van der Waals surface area contributed by atoms with Gasteiger partial charge in [0.05, 0.1) is 17.2 Å². The van der Waals surface area contributed by atoms with E-state index in [1.165, 1.54) is 12.8 Å². The van der Waals surface area contributed by atoms with E-state index in [1.54, 1.807) is 6.20 Å².